The van der Waals surface area contributed by atoms with E-state index in [0.717, 1.165) is 12.8 Å². The van der Waals surface area contributed by atoms with Crippen LogP contribution in [0.2, 0.25) is 0 Å². The van der Waals surface area contributed by atoms with Crippen LogP contribution in [0, 0.1) is 0 Å². The lowest BCUT2D eigenvalue weighted by molar-refractivity contribution is 1.19. The molecule has 0 saturated heterocycles. The van der Waals surface area contributed by atoms with Crippen molar-refractivity contribution in [2.45, 2.75) is 26.7 Å². The summed E-state index contributed by atoms with van der Waals surface area (Å²) in [5.41, 5.74) is 14.1. The Kier molecular flexibility index (Phi) is 7.52. The Labute approximate surface area is 313 Å². The van der Waals surface area contributed by atoms with Crippen molar-refractivity contribution in [3.8, 4) is 0 Å². The summed E-state index contributed by atoms with van der Waals surface area (Å²) in [6.07, 6.45) is 1.92. The summed E-state index contributed by atoms with van der Waals surface area (Å²) in [5.74, 6) is 0. The van der Waals surface area contributed by atoms with E-state index in [9.17, 15) is 0 Å². The van der Waals surface area contributed by atoms with Crippen molar-refractivity contribution >= 4 is 61.5 Å². The highest BCUT2D eigenvalue weighted by molar-refractivity contribution is 7.20. The summed E-state index contributed by atoms with van der Waals surface area (Å²) >= 11 is 0. The minimum Gasteiger partial charge on any atom is -0.0623 e. The van der Waals surface area contributed by atoms with Gasteiger partial charge in [-0.2, -0.15) is 0 Å². The predicted molar refractivity (Wildman–Crippen MR) is 229 cm³/mol. The number of allylic oxidation sites excluding steroid dienone is 2. The topological polar surface area (TPSA) is 0 Å². The van der Waals surface area contributed by atoms with Crippen molar-refractivity contribution in [1.82, 2.24) is 0 Å². The first-order valence-electron chi connectivity index (χ1n) is 18.9. The summed E-state index contributed by atoms with van der Waals surface area (Å²) in [6.45, 7) is 4.72. The van der Waals surface area contributed by atoms with Crippen LogP contribution >= 0.6 is 0 Å². The molecule has 0 saturated carbocycles. The maximum absolute atomic E-state index is 3.03. The third-order valence-electron chi connectivity index (χ3n) is 11.9. The van der Waals surface area contributed by atoms with Crippen LogP contribution in [0.1, 0.15) is 47.2 Å². The van der Waals surface area contributed by atoms with Gasteiger partial charge in [-0.05, 0) is 114 Å². The minimum absolute atomic E-state index is 0.961. The molecule has 0 atom stereocenters. The van der Waals surface area contributed by atoms with E-state index >= 15 is 0 Å². The first kappa shape index (κ1) is 31.7. The summed E-state index contributed by atoms with van der Waals surface area (Å²) in [7, 11) is -3.03. The van der Waals surface area contributed by atoms with E-state index in [1.807, 2.05) is 0 Å². The first-order chi connectivity index (χ1) is 26.1. The summed E-state index contributed by atoms with van der Waals surface area (Å²) in [5, 5.41) is 11.0. The molecule has 0 unspecified atom stereocenters. The molecule has 2 aliphatic rings. The van der Waals surface area contributed by atoms with E-state index in [1.54, 1.807) is 0 Å². The van der Waals surface area contributed by atoms with E-state index in [0.29, 0.717) is 0 Å². The van der Waals surface area contributed by atoms with Crippen LogP contribution in [0.3, 0.4) is 0 Å². The molecule has 0 amide bonds. The normalized spacial score (nSPS) is 13.9. The van der Waals surface area contributed by atoms with Gasteiger partial charge in [-0.3, -0.25) is 0 Å². The third kappa shape index (κ3) is 4.81. The van der Waals surface area contributed by atoms with E-state index in [2.05, 4.69) is 196 Å². The van der Waals surface area contributed by atoms with Crippen LogP contribution in [0.25, 0.3) is 32.7 Å². The van der Waals surface area contributed by atoms with Crippen molar-refractivity contribution in [3.05, 3.63) is 227 Å². The minimum atomic E-state index is -3.03. The number of benzene rings is 8. The van der Waals surface area contributed by atoms with Gasteiger partial charge in [0.05, 0.1) is 0 Å². The fourth-order valence-electron chi connectivity index (χ4n) is 9.81. The zero-order valence-electron chi connectivity index (χ0n) is 30.2. The highest BCUT2D eigenvalue weighted by Gasteiger charge is 2.47. The molecule has 0 bridgehead atoms. The zero-order valence-corrected chi connectivity index (χ0v) is 31.2. The van der Waals surface area contributed by atoms with Crippen LogP contribution in [0.4, 0.5) is 0 Å². The molecule has 53 heavy (non-hydrogen) atoms. The quantitative estimate of drug-likeness (QED) is 0.120. The summed E-state index contributed by atoms with van der Waals surface area (Å²) in [6, 6.07) is 69.0. The molecule has 0 N–H and O–H groups in total. The molecule has 2 aliphatic carbocycles. The molecule has 8 aromatic rings. The number of fused-ring (bicyclic) bond motifs is 4. The average molecular weight is 693 g/mol. The highest BCUT2D eigenvalue weighted by Crippen LogP contribution is 2.43. The smallest absolute Gasteiger partial charge is 0.0623 e. The van der Waals surface area contributed by atoms with Crippen LogP contribution in [0.15, 0.2) is 193 Å². The largest absolute Gasteiger partial charge is 0.180 e. The number of rotatable bonds is 6. The Morgan fingerprint density at radius 3 is 1.19 bits per heavy atom. The SMILES string of the molecule is CC1=C(c2cccc3ccccc23)c2c(cccc2[Si](c2ccccc2)(c2ccccc2)c2cccc3c2C(c2cccc4ccccc24)=C(C)C3)C1. The zero-order chi connectivity index (χ0) is 35.5. The molecule has 252 valence electrons. The van der Waals surface area contributed by atoms with Gasteiger partial charge in [-0.25, -0.2) is 0 Å². The van der Waals surface area contributed by atoms with E-state index in [4.69, 9.17) is 0 Å². The standard InChI is InChI=1S/C52H40Si/c1-35-33-39-21-15-31-47(51(39)49(35)45-29-13-19-37-17-9-11-27-43(37)45)53(41-23-5-3-6-24-41,42-25-7-4-8-26-42)48-32-16-22-40-34-36(2)50(52(40)48)46-30-14-20-38-18-10-12-28-44(38)46/h3-32H,33-34H2,1-2H3. The maximum atomic E-state index is 2.50. The number of hydrogen-bond acceptors (Lipinski definition) is 0. The fourth-order valence-corrected chi connectivity index (χ4v) is 15.1. The Morgan fingerprint density at radius 2 is 0.736 bits per heavy atom. The van der Waals surface area contributed by atoms with Gasteiger partial charge < -0.3 is 0 Å². The molecule has 0 heterocycles. The Bertz CT molecular complexity index is 2580. The lowest BCUT2D eigenvalue weighted by Crippen LogP contribution is -2.76. The van der Waals surface area contributed by atoms with Gasteiger partial charge in [0.1, 0.15) is 0 Å². The third-order valence-corrected chi connectivity index (χ3v) is 16.8. The van der Waals surface area contributed by atoms with Crippen molar-refractivity contribution in [1.29, 1.82) is 0 Å². The first-order valence-corrected chi connectivity index (χ1v) is 20.9. The molecule has 1 heteroatoms. The predicted octanol–water partition coefficient (Wildman–Crippen LogP) is 10.1. The molecule has 10 rings (SSSR count). The molecule has 0 radical (unpaired) electrons. The van der Waals surface area contributed by atoms with E-state index in [-0.39, 0.29) is 0 Å². The molecule has 0 nitrogen and oxygen atoms in total. The van der Waals surface area contributed by atoms with E-state index < -0.39 is 8.07 Å². The maximum Gasteiger partial charge on any atom is 0.180 e. The van der Waals surface area contributed by atoms with Gasteiger partial charge in [-0.15, -0.1) is 0 Å². The second-order valence-corrected chi connectivity index (χ2v) is 18.6. The molecule has 0 spiro atoms. The molecule has 0 aliphatic heterocycles. The Morgan fingerprint density at radius 1 is 0.358 bits per heavy atom. The van der Waals surface area contributed by atoms with Crippen molar-refractivity contribution in [2.75, 3.05) is 0 Å². The van der Waals surface area contributed by atoms with Crippen LogP contribution in [-0.4, -0.2) is 8.07 Å². The van der Waals surface area contributed by atoms with Crippen molar-refractivity contribution in [3.63, 3.8) is 0 Å². The van der Waals surface area contributed by atoms with Crippen LogP contribution < -0.4 is 20.7 Å². The molecular formula is C52H40Si. The van der Waals surface area contributed by atoms with Gasteiger partial charge in [0.2, 0.25) is 0 Å². The lowest BCUT2D eigenvalue weighted by atomic mass is 9.93. The van der Waals surface area contributed by atoms with Crippen molar-refractivity contribution in [2.24, 2.45) is 0 Å². The molecule has 0 aromatic heterocycles. The van der Waals surface area contributed by atoms with Gasteiger partial charge >= 0.3 is 0 Å². The lowest BCUT2D eigenvalue weighted by Gasteiger charge is -2.38. The Balaban J connectivity index is 1.35. The molecule has 8 aromatic carbocycles. The summed E-state index contributed by atoms with van der Waals surface area (Å²) in [4.78, 5) is 0. The van der Waals surface area contributed by atoms with Gasteiger partial charge in [0.25, 0.3) is 0 Å². The second-order valence-electron chi connectivity index (χ2n) is 14.9. The number of hydrogen-bond donors (Lipinski definition) is 0. The fraction of sp³-hybridized carbons (Fsp3) is 0.0769. The van der Waals surface area contributed by atoms with Crippen LogP contribution in [0.5, 0.6) is 0 Å². The monoisotopic (exact) mass is 692 g/mol. The van der Waals surface area contributed by atoms with Gasteiger partial charge in [0, 0.05) is 0 Å². The average Bonchev–Trinajstić information content (AvgIpc) is 3.74. The molecule has 0 fully saturated rings. The van der Waals surface area contributed by atoms with Gasteiger partial charge in [-0.1, -0.05) is 193 Å². The van der Waals surface area contributed by atoms with Gasteiger partial charge in [0.15, 0.2) is 8.07 Å². The van der Waals surface area contributed by atoms with Crippen LogP contribution in [-0.2, 0) is 12.8 Å². The van der Waals surface area contributed by atoms with E-state index in [1.165, 1.54) is 98.0 Å². The second kappa shape index (κ2) is 12.6. The molecular weight excluding hydrogens is 653 g/mol. The highest BCUT2D eigenvalue weighted by atomic mass is 28.3. The Hall–Kier alpha value is -6.02. The summed E-state index contributed by atoms with van der Waals surface area (Å²) < 4.78 is 0. The van der Waals surface area contributed by atoms with Crippen molar-refractivity contribution < 1.29 is 0 Å².